The maximum Gasteiger partial charge on any atom is 0.150 e. The van der Waals surface area contributed by atoms with Gasteiger partial charge in [0.2, 0.25) is 0 Å². The second-order valence-electron chi connectivity index (χ2n) is 4.08. The first-order valence-electron chi connectivity index (χ1n) is 5.45. The van der Waals surface area contributed by atoms with Crippen LogP contribution in [0.15, 0.2) is 40.9 Å². The second-order valence-corrected chi connectivity index (χ2v) is 7.13. The van der Waals surface area contributed by atoms with Crippen LogP contribution in [-0.2, 0) is 9.84 Å². The molecule has 5 heteroatoms. The number of ether oxygens (including phenoxy) is 1. The monoisotopic (exact) mass is 328 g/mol. The standard InChI is InChI=1S/C13H13BrO3S/c1-18(15,16)9-8-17-12-7-6-10-4-2-3-5-11(10)13(12)14/h2-7H,8-9H2,1H3. The van der Waals surface area contributed by atoms with Crippen LogP contribution < -0.4 is 4.74 Å². The van der Waals surface area contributed by atoms with Crippen LogP contribution in [0, 0.1) is 0 Å². The Labute approximate surface area is 115 Å². The van der Waals surface area contributed by atoms with E-state index in [2.05, 4.69) is 15.9 Å². The molecule has 0 saturated carbocycles. The number of halogens is 1. The van der Waals surface area contributed by atoms with E-state index in [1.807, 2.05) is 36.4 Å². The maximum atomic E-state index is 11.0. The Morgan fingerprint density at radius 3 is 2.61 bits per heavy atom. The zero-order valence-corrected chi connectivity index (χ0v) is 12.3. The van der Waals surface area contributed by atoms with Gasteiger partial charge in [0.05, 0.1) is 10.2 Å². The van der Waals surface area contributed by atoms with Crippen LogP contribution in [0.1, 0.15) is 0 Å². The van der Waals surface area contributed by atoms with Gasteiger partial charge in [0, 0.05) is 6.26 Å². The summed E-state index contributed by atoms with van der Waals surface area (Å²) in [5.41, 5.74) is 0. The summed E-state index contributed by atoms with van der Waals surface area (Å²) >= 11 is 3.49. The molecule has 0 radical (unpaired) electrons. The van der Waals surface area contributed by atoms with Gasteiger partial charge in [-0.3, -0.25) is 0 Å². The summed E-state index contributed by atoms with van der Waals surface area (Å²) in [6.07, 6.45) is 1.20. The van der Waals surface area contributed by atoms with E-state index < -0.39 is 9.84 Å². The molecule has 96 valence electrons. The van der Waals surface area contributed by atoms with Gasteiger partial charge in [0.15, 0.2) is 9.84 Å². The van der Waals surface area contributed by atoms with Crippen molar-refractivity contribution in [1.82, 2.24) is 0 Å². The van der Waals surface area contributed by atoms with Crippen LogP contribution in [0.4, 0.5) is 0 Å². The number of fused-ring (bicyclic) bond motifs is 1. The quantitative estimate of drug-likeness (QED) is 0.866. The molecule has 0 amide bonds. The molecule has 0 saturated heterocycles. The zero-order chi connectivity index (χ0) is 13.2. The van der Waals surface area contributed by atoms with Gasteiger partial charge in [-0.25, -0.2) is 8.42 Å². The Hall–Kier alpha value is -1.07. The average molecular weight is 329 g/mol. The average Bonchev–Trinajstić information content (AvgIpc) is 2.31. The highest BCUT2D eigenvalue weighted by Gasteiger charge is 2.07. The molecule has 0 aliphatic heterocycles. The number of benzene rings is 2. The van der Waals surface area contributed by atoms with Crippen LogP contribution in [0.25, 0.3) is 10.8 Å². The topological polar surface area (TPSA) is 43.4 Å². The minimum Gasteiger partial charge on any atom is -0.491 e. The summed E-state index contributed by atoms with van der Waals surface area (Å²) in [5, 5.41) is 2.16. The van der Waals surface area contributed by atoms with Gasteiger partial charge in [-0.1, -0.05) is 30.3 Å². The molecule has 2 rings (SSSR count). The van der Waals surface area contributed by atoms with Gasteiger partial charge in [-0.15, -0.1) is 0 Å². The van der Waals surface area contributed by atoms with Crippen LogP contribution in [0.3, 0.4) is 0 Å². The third kappa shape index (κ3) is 3.23. The normalized spacial score (nSPS) is 11.7. The third-order valence-electron chi connectivity index (χ3n) is 2.54. The molecule has 0 aliphatic rings. The van der Waals surface area contributed by atoms with Crippen molar-refractivity contribution < 1.29 is 13.2 Å². The first-order valence-corrected chi connectivity index (χ1v) is 8.30. The summed E-state index contributed by atoms with van der Waals surface area (Å²) < 4.78 is 28.4. The van der Waals surface area contributed by atoms with Crippen molar-refractivity contribution in [3.05, 3.63) is 40.9 Å². The third-order valence-corrected chi connectivity index (χ3v) is 4.27. The SMILES string of the molecule is CS(=O)(=O)CCOc1ccc2ccccc2c1Br. The van der Waals surface area contributed by atoms with Crippen LogP contribution >= 0.6 is 15.9 Å². The van der Waals surface area contributed by atoms with E-state index in [0.717, 1.165) is 15.2 Å². The van der Waals surface area contributed by atoms with Crippen molar-refractivity contribution in [2.24, 2.45) is 0 Å². The van der Waals surface area contributed by atoms with Gasteiger partial charge in [-0.05, 0) is 32.8 Å². The van der Waals surface area contributed by atoms with Crippen molar-refractivity contribution in [1.29, 1.82) is 0 Å². The summed E-state index contributed by atoms with van der Waals surface area (Å²) in [7, 11) is -2.99. The van der Waals surface area contributed by atoms with E-state index in [0.29, 0.717) is 5.75 Å². The fraction of sp³-hybridized carbons (Fsp3) is 0.231. The number of rotatable bonds is 4. The molecule has 0 bridgehead atoms. The molecular weight excluding hydrogens is 316 g/mol. The van der Waals surface area contributed by atoms with Crippen LogP contribution in [0.2, 0.25) is 0 Å². The lowest BCUT2D eigenvalue weighted by molar-refractivity contribution is 0.339. The van der Waals surface area contributed by atoms with E-state index in [-0.39, 0.29) is 12.4 Å². The van der Waals surface area contributed by atoms with Crippen molar-refractivity contribution in [2.45, 2.75) is 0 Å². The lowest BCUT2D eigenvalue weighted by Crippen LogP contribution is -2.12. The highest BCUT2D eigenvalue weighted by atomic mass is 79.9. The molecule has 0 atom stereocenters. The van der Waals surface area contributed by atoms with Gasteiger partial charge in [-0.2, -0.15) is 0 Å². The molecule has 0 aromatic heterocycles. The Balaban J connectivity index is 2.22. The molecule has 2 aromatic carbocycles. The van der Waals surface area contributed by atoms with Crippen molar-refractivity contribution in [3.8, 4) is 5.75 Å². The van der Waals surface area contributed by atoms with Gasteiger partial charge in [0.25, 0.3) is 0 Å². The van der Waals surface area contributed by atoms with Gasteiger partial charge >= 0.3 is 0 Å². The van der Waals surface area contributed by atoms with Gasteiger partial charge < -0.3 is 4.74 Å². The highest BCUT2D eigenvalue weighted by Crippen LogP contribution is 2.32. The predicted octanol–water partition coefficient (Wildman–Crippen LogP) is 3.03. The van der Waals surface area contributed by atoms with E-state index in [4.69, 9.17) is 4.74 Å². The molecule has 0 N–H and O–H groups in total. The molecule has 0 spiro atoms. The van der Waals surface area contributed by atoms with E-state index in [1.54, 1.807) is 0 Å². The first-order chi connectivity index (χ1) is 8.47. The molecule has 0 heterocycles. The zero-order valence-electron chi connectivity index (χ0n) is 9.89. The highest BCUT2D eigenvalue weighted by molar-refractivity contribution is 9.10. The van der Waals surface area contributed by atoms with Crippen molar-refractivity contribution >= 4 is 36.5 Å². The molecule has 18 heavy (non-hydrogen) atoms. The Kier molecular flexibility index (Phi) is 3.92. The fourth-order valence-electron chi connectivity index (χ4n) is 1.63. The summed E-state index contributed by atoms with van der Waals surface area (Å²) in [6, 6.07) is 11.7. The maximum absolute atomic E-state index is 11.0. The lowest BCUT2D eigenvalue weighted by atomic mass is 10.1. The smallest absolute Gasteiger partial charge is 0.150 e. The second kappa shape index (κ2) is 5.28. The Bertz CT molecular complexity index is 665. The predicted molar refractivity (Wildman–Crippen MR) is 76.9 cm³/mol. The molecule has 2 aromatic rings. The molecule has 0 fully saturated rings. The van der Waals surface area contributed by atoms with E-state index >= 15 is 0 Å². The largest absolute Gasteiger partial charge is 0.491 e. The number of hydrogen-bond donors (Lipinski definition) is 0. The van der Waals surface area contributed by atoms with E-state index in [1.165, 1.54) is 6.26 Å². The number of hydrogen-bond acceptors (Lipinski definition) is 3. The Morgan fingerprint density at radius 2 is 1.89 bits per heavy atom. The number of sulfone groups is 1. The minimum atomic E-state index is -2.99. The lowest BCUT2D eigenvalue weighted by Gasteiger charge is -2.09. The van der Waals surface area contributed by atoms with Crippen molar-refractivity contribution in [3.63, 3.8) is 0 Å². The summed E-state index contributed by atoms with van der Waals surface area (Å²) in [6.45, 7) is 0.162. The fourth-order valence-corrected chi connectivity index (χ4v) is 2.62. The molecule has 0 aliphatic carbocycles. The van der Waals surface area contributed by atoms with Crippen LogP contribution in [-0.4, -0.2) is 27.0 Å². The molecule has 3 nitrogen and oxygen atoms in total. The van der Waals surface area contributed by atoms with Crippen molar-refractivity contribution in [2.75, 3.05) is 18.6 Å². The summed E-state index contributed by atoms with van der Waals surface area (Å²) in [5.74, 6) is 0.684. The minimum absolute atomic E-state index is 0.0201. The van der Waals surface area contributed by atoms with Gasteiger partial charge in [0.1, 0.15) is 12.4 Å². The van der Waals surface area contributed by atoms with Crippen LogP contribution in [0.5, 0.6) is 5.75 Å². The summed E-state index contributed by atoms with van der Waals surface area (Å²) in [4.78, 5) is 0. The first kappa shape index (κ1) is 13.4. The molecule has 0 unspecified atom stereocenters. The Morgan fingerprint density at radius 1 is 1.17 bits per heavy atom. The van der Waals surface area contributed by atoms with E-state index in [9.17, 15) is 8.42 Å². The molecular formula is C13H13BrO3S.